The first-order chi connectivity index (χ1) is 7.61. The summed E-state index contributed by atoms with van der Waals surface area (Å²) in [5, 5.41) is 5.54. The van der Waals surface area contributed by atoms with E-state index in [1.807, 2.05) is 0 Å². The molecule has 0 spiro atoms. The highest BCUT2D eigenvalue weighted by Gasteiger charge is 2.04. The van der Waals surface area contributed by atoms with E-state index in [0.29, 0.717) is 10.7 Å². The third kappa shape index (κ3) is 4.51. The lowest BCUT2D eigenvalue weighted by Gasteiger charge is -2.05. The van der Waals surface area contributed by atoms with Crippen LogP contribution in [-0.4, -0.2) is 24.2 Å². The smallest absolute Gasteiger partial charge is 0.243 e. The SMILES string of the molecule is O=C(CCl)NCC(=O)Nc1ccc(Cl)cc1. The molecular weight excluding hydrogens is 251 g/mol. The molecule has 0 heterocycles. The second-order valence-electron chi connectivity index (χ2n) is 2.97. The van der Waals surface area contributed by atoms with Crippen LogP contribution in [0.1, 0.15) is 0 Å². The average Bonchev–Trinajstić information content (AvgIpc) is 2.29. The minimum atomic E-state index is -0.382. The van der Waals surface area contributed by atoms with Gasteiger partial charge in [-0.2, -0.15) is 0 Å². The van der Waals surface area contributed by atoms with Crippen molar-refractivity contribution in [3.8, 4) is 0 Å². The Hall–Kier alpha value is -1.26. The van der Waals surface area contributed by atoms with Crippen LogP contribution in [0.3, 0.4) is 0 Å². The first-order valence-corrected chi connectivity index (χ1v) is 5.41. The fourth-order valence-electron chi connectivity index (χ4n) is 0.965. The minimum Gasteiger partial charge on any atom is -0.346 e. The van der Waals surface area contributed by atoms with Gasteiger partial charge in [-0.3, -0.25) is 9.59 Å². The van der Waals surface area contributed by atoms with Gasteiger partial charge >= 0.3 is 0 Å². The number of halogens is 2. The molecule has 1 rings (SSSR count). The van der Waals surface area contributed by atoms with Gasteiger partial charge in [0.15, 0.2) is 0 Å². The van der Waals surface area contributed by atoms with Crippen LogP contribution in [0.2, 0.25) is 5.02 Å². The lowest BCUT2D eigenvalue weighted by atomic mass is 10.3. The monoisotopic (exact) mass is 260 g/mol. The summed E-state index contributed by atoms with van der Waals surface area (Å²) in [5.41, 5.74) is 0.620. The highest BCUT2D eigenvalue weighted by molar-refractivity contribution is 6.30. The number of rotatable bonds is 4. The molecule has 1 aromatic carbocycles. The van der Waals surface area contributed by atoms with Gasteiger partial charge in [0.1, 0.15) is 5.88 Å². The molecule has 0 atom stereocenters. The van der Waals surface area contributed by atoms with Crippen LogP contribution in [-0.2, 0) is 9.59 Å². The summed E-state index contributed by atoms with van der Waals surface area (Å²) in [7, 11) is 0. The van der Waals surface area contributed by atoms with E-state index < -0.39 is 0 Å². The maximum Gasteiger partial charge on any atom is 0.243 e. The summed E-state index contributed by atoms with van der Waals surface area (Å²) < 4.78 is 0. The molecule has 0 unspecified atom stereocenters. The highest BCUT2D eigenvalue weighted by Crippen LogP contribution is 2.12. The van der Waals surface area contributed by atoms with E-state index in [-0.39, 0.29) is 24.2 Å². The van der Waals surface area contributed by atoms with Gasteiger partial charge in [0.25, 0.3) is 0 Å². The molecule has 16 heavy (non-hydrogen) atoms. The maximum absolute atomic E-state index is 11.3. The van der Waals surface area contributed by atoms with Crippen molar-refractivity contribution < 1.29 is 9.59 Å². The molecular formula is C10H10Cl2N2O2. The van der Waals surface area contributed by atoms with E-state index in [9.17, 15) is 9.59 Å². The van der Waals surface area contributed by atoms with Gasteiger partial charge in [-0.1, -0.05) is 11.6 Å². The minimum absolute atomic E-state index is 0.103. The summed E-state index contributed by atoms with van der Waals surface area (Å²) in [6.45, 7) is -0.103. The van der Waals surface area contributed by atoms with Gasteiger partial charge in [0.05, 0.1) is 6.54 Å². The lowest BCUT2D eigenvalue weighted by Crippen LogP contribution is -2.33. The molecule has 86 valence electrons. The largest absolute Gasteiger partial charge is 0.346 e. The van der Waals surface area contributed by atoms with Gasteiger partial charge in [-0.05, 0) is 24.3 Å². The highest BCUT2D eigenvalue weighted by atomic mass is 35.5. The molecule has 0 fully saturated rings. The Morgan fingerprint density at radius 2 is 1.75 bits per heavy atom. The first-order valence-electron chi connectivity index (χ1n) is 4.50. The Bertz CT molecular complexity index is 379. The Morgan fingerprint density at radius 3 is 2.31 bits per heavy atom. The van der Waals surface area contributed by atoms with Gasteiger partial charge in [-0.25, -0.2) is 0 Å². The maximum atomic E-state index is 11.3. The molecule has 0 saturated carbocycles. The van der Waals surface area contributed by atoms with E-state index in [4.69, 9.17) is 23.2 Å². The van der Waals surface area contributed by atoms with E-state index in [1.54, 1.807) is 24.3 Å². The molecule has 6 heteroatoms. The molecule has 2 N–H and O–H groups in total. The van der Waals surface area contributed by atoms with Crippen LogP contribution in [0.15, 0.2) is 24.3 Å². The van der Waals surface area contributed by atoms with Crippen molar-refractivity contribution in [2.45, 2.75) is 0 Å². The van der Waals surface area contributed by atoms with Gasteiger partial charge in [0, 0.05) is 10.7 Å². The van der Waals surface area contributed by atoms with Crippen LogP contribution in [0.4, 0.5) is 5.69 Å². The number of alkyl halides is 1. The fourth-order valence-corrected chi connectivity index (χ4v) is 1.18. The number of nitrogens with one attached hydrogen (secondary N) is 2. The number of carbonyl (C=O) groups is 2. The second kappa shape index (κ2) is 6.35. The molecule has 0 bridgehead atoms. The van der Waals surface area contributed by atoms with E-state index in [2.05, 4.69) is 10.6 Å². The van der Waals surface area contributed by atoms with Crippen molar-refractivity contribution >= 4 is 40.7 Å². The Labute approximate surface area is 103 Å². The standard InChI is InChI=1S/C10H10Cl2N2O2/c11-5-9(15)13-6-10(16)14-8-3-1-7(12)2-4-8/h1-4H,5-6H2,(H,13,15)(H,14,16). The van der Waals surface area contributed by atoms with Crippen LogP contribution in [0.5, 0.6) is 0 Å². The van der Waals surface area contributed by atoms with Crippen molar-refractivity contribution in [3.05, 3.63) is 29.3 Å². The number of benzene rings is 1. The third-order valence-corrected chi connectivity index (χ3v) is 2.19. The van der Waals surface area contributed by atoms with E-state index >= 15 is 0 Å². The Kier molecular flexibility index (Phi) is 5.08. The Balaban J connectivity index is 2.40. The normalized spacial score (nSPS) is 9.62. The Morgan fingerprint density at radius 1 is 1.12 bits per heavy atom. The summed E-state index contributed by atoms with van der Waals surface area (Å²) in [6, 6.07) is 6.66. The molecule has 0 aliphatic carbocycles. The van der Waals surface area contributed by atoms with Crippen molar-refractivity contribution in [2.75, 3.05) is 17.7 Å². The molecule has 0 radical (unpaired) electrons. The van der Waals surface area contributed by atoms with E-state index in [0.717, 1.165) is 0 Å². The number of amides is 2. The molecule has 0 aliphatic rings. The molecule has 0 saturated heterocycles. The fraction of sp³-hybridized carbons (Fsp3) is 0.200. The predicted molar refractivity (Wildman–Crippen MR) is 63.8 cm³/mol. The van der Waals surface area contributed by atoms with Gasteiger partial charge in [-0.15, -0.1) is 11.6 Å². The summed E-state index contributed by atoms with van der Waals surface area (Å²) >= 11 is 10.9. The van der Waals surface area contributed by atoms with Crippen LogP contribution in [0.25, 0.3) is 0 Å². The van der Waals surface area contributed by atoms with Gasteiger partial charge < -0.3 is 10.6 Å². The molecule has 4 nitrogen and oxygen atoms in total. The summed E-state index contributed by atoms with van der Waals surface area (Å²) in [6.07, 6.45) is 0. The molecule has 0 aromatic heterocycles. The quantitative estimate of drug-likeness (QED) is 0.809. The zero-order valence-electron chi connectivity index (χ0n) is 8.30. The van der Waals surface area contributed by atoms with Gasteiger partial charge in [0.2, 0.25) is 11.8 Å². The number of anilines is 1. The number of hydrogen-bond acceptors (Lipinski definition) is 2. The zero-order chi connectivity index (χ0) is 12.0. The molecule has 2 amide bonds. The zero-order valence-corrected chi connectivity index (χ0v) is 9.81. The lowest BCUT2D eigenvalue weighted by molar-refractivity contribution is -0.122. The summed E-state index contributed by atoms with van der Waals surface area (Å²) in [4.78, 5) is 22.1. The van der Waals surface area contributed by atoms with Crippen molar-refractivity contribution in [1.82, 2.24) is 5.32 Å². The van der Waals surface area contributed by atoms with Crippen LogP contribution >= 0.6 is 23.2 Å². The van der Waals surface area contributed by atoms with E-state index in [1.165, 1.54) is 0 Å². The molecule has 1 aromatic rings. The molecule has 0 aliphatic heterocycles. The number of hydrogen-bond donors (Lipinski definition) is 2. The predicted octanol–water partition coefficient (Wildman–Crippen LogP) is 1.63. The van der Waals surface area contributed by atoms with Crippen molar-refractivity contribution in [2.24, 2.45) is 0 Å². The topological polar surface area (TPSA) is 58.2 Å². The summed E-state index contributed by atoms with van der Waals surface area (Å²) in [5.74, 6) is -0.859. The second-order valence-corrected chi connectivity index (χ2v) is 3.67. The van der Waals surface area contributed by atoms with Crippen molar-refractivity contribution in [1.29, 1.82) is 0 Å². The van der Waals surface area contributed by atoms with Crippen LogP contribution < -0.4 is 10.6 Å². The third-order valence-electron chi connectivity index (χ3n) is 1.70. The average molecular weight is 261 g/mol. The number of carbonyl (C=O) groups excluding carboxylic acids is 2. The van der Waals surface area contributed by atoms with Crippen LogP contribution in [0, 0.1) is 0 Å². The first kappa shape index (κ1) is 12.8. The van der Waals surface area contributed by atoms with Crippen molar-refractivity contribution in [3.63, 3.8) is 0 Å².